The van der Waals surface area contributed by atoms with Gasteiger partial charge in [0.2, 0.25) is 0 Å². The van der Waals surface area contributed by atoms with Crippen LogP contribution in [-0.2, 0) is 0 Å². The van der Waals surface area contributed by atoms with E-state index in [0.717, 1.165) is 9.80 Å². The zero-order valence-electron chi connectivity index (χ0n) is 141. The van der Waals surface area contributed by atoms with Gasteiger partial charge in [-0.2, -0.15) is 0 Å². The Morgan fingerprint density at radius 2 is 0.210 bits per heavy atom. The lowest BCUT2D eigenvalue weighted by Crippen LogP contribution is -2.10. The predicted octanol–water partition coefficient (Wildman–Crippen LogP) is 33.9. The highest BCUT2D eigenvalue weighted by Gasteiger charge is 2.21. The number of hydrogen-bond acceptors (Lipinski definition) is 4. The molecule has 0 aliphatic carbocycles. The van der Waals surface area contributed by atoms with Crippen molar-refractivity contribution in [3.63, 3.8) is 0 Å². The van der Waals surface area contributed by atoms with Crippen molar-refractivity contribution in [3.05, 3.63) is 532 Å². The van der Waals surface area contributed by atoms with Gasteiger partial charge in [0, 0.05) is 68.2 Å². The normalized spacial score (nSPS) is 19.8. The van der Waals surface area contributed by atoms with Gasteiger partial charge in [0.15, 0.2) is 0 Å². The van der Waals surface area contributed by atoms with Crippen LogP contribution >= 0.6 is 0 Å². The van der Waals surface area contributed by atoms with Crippen molar-refractivity contribution in [1.29, 1.82) is 0 Å². The van der Waals surface area contributed by atoms with Crippen LogP contribution in [0.15, 0.2) is 532 Å². The molecule has 20 aromatic rings. The van der Waals surface area contributed by atoms with Crippen molar-refractivity contribution in [2.24, 2.45) is 0 Å². The van der Waals surface area contributed by atoms with Crippen molar-refractivity contribution in [3.8, 4) is 111 Å². The molecule has 0 aliphatic heterocycles. The Kier molecular flexibility index (Phi) is 8.68. The Labute approximate surface area is 839 Å². The molecule has 20 aromatic carbocycles. The monoisotopic (exact) mass is 1660 g/mol. The second-order valence-electron chi connectivity index (χ2n) is 24.7. The van der Waals surface area contributed by atoms with Gasteiger partial charge in [0.05, 0.1) is 108 Å². The summed E-state index contributed by atoms with van der Waals surface area (Å²) in [6.45, 7) is 0. The van der Waals surface area contributed by atoms with Gasteiger partial charge >= 0.3 is 0 Å². The lowest BCUT2D eigenvalue weighted by Gasteiger charge is -2.27. The van der Waals surface area contributed by atoms with Gasteiger partial charge < -0.3 is 19.6 Å². The van der Waals surface area contributed by atoms with Crippen LogP contribution in [0, 0.1) is 0 Å². The third kappa shape index (κ3) is 17.7. The van der Waals surface area contributed by atoms with Gasteiger partial charge in [0.25, 0.3) is 0 Å². The molecule has 0 saturated carbocycles. The summed E-state index contributed by atoms with van der Waals surface area (Å²) in [6, 6.07) is -73.5. The summed E-state index contributed by atoms with van der Waals surface area (Å²) in [5, 5.41) is 0. The van der Waals surface area contributed by atoms with Crippen LogP contribution in [-0.4, -0.2) is 0 Å². The molecule has 0 unspecified atom stereocenters. The fourth-order valence-corrected chi connectivity index (χ4v) is 11.5. The van der Waals surface area contributed by atoms with Crippen LogP contribution in [0.2, 0.25) is 0 Å². The Hall–Kier alpha value is -16.4. The van der Waals surface area contributed by atoms with Gasteiger partial charge in [-0.15, -0.1) is 0 Å². The molecule has 4 heteroatoms. The summed E-state index contributed by atoms with van der Waals surface area (Å²) in [4.78, 5) is 2.02. The summed E-state index contributed by atoms with van der Waals surface area (Å²) < 4.78 is 704. The quantitative estimate of drug-likeness (QED) is 0.0670. The molecule has 20 rings (SSSR count). The maximum atomic E-state index is 9.72. The molecule has 588 valence electrons. The Balaban J connectivity index is 0.000000241. The minimum absolute atomic E-state index is 0.168. The molecular formula is C120H88N4. The van der Waals surface area contributed by atoms with Crippen LogP contribution < -0.4 is 19.6 Å². The number of hydrogen-bond donors (Lipinski definition) is 0. The first-order valence-electron chi connectivity index (χ1n) is 75.4. The first kappa shape index (κ1) is 29.2. The van der Waals surface area contributed by atoms with Crippen molar-refractivity contribution < 1.29 is 108 Å². The van der Waals surface area contributed by atoms with E-state index in [-0.39, 0.29) is 32.3 Å². The largest absolute Gasteiger partial charge is 0.311 e. The predicted molar refractivity (Wildman–Crippen MR) is 526 cm³/mol. The van der Waals surface area contributed by atoms with E-state index in [1.54, 1.807) is 0 Å². The van der Waals surface area contributed by atoms with Crippen LogP contribution in [0.3, 0.4) is 0 Å². The SMILES string of the molecule is [2H]c1c([2H])c([2H])c(-c2c([2H])c([2H])c(N(c3ccc(-c4ccc(N(c5c([2H])c([2H])c(-c6c([2H])c([2H])c([2H])c([2H])c6[2H])c([2H])c5[2H])c5c([2H])c([2H])c(-c6c([2H])c([2H])c([2H])c([2H])c6[2H])c([2H])c5[2H])cc4)cc3)c3c([2H])c([2H])c(-c4c([2H])c([2H])c([2H])c([2H])c4[2H])c([2H])c3[2H])c([2H])c2[2H])c([2H])c1[2H].[2H]c1cc(-c2c([2H])c([2H])c([2H])c([2H])c2[2H])c([2H])c([2H])c1N(c1c([2H])c([2H])c(-c2c([2H])c([2H])c([2H])c([2H])c2[2H])c([2H])c1[2H])c1c([2H])c([2H])c(-c2c([2H])c([2H])c(N(c3c([2H])c([2H])c(-c4c([2H])c([2H])c([2H])c([2H])c4[2H])c([2H])c3[2H])c3c([2H])c([2H])c(-c4c([2H])c([2H])c([2H])c([2H])c4[2H])c([2H])c3[2H])c([2H])c2[2H])c([2H])c1[2H]. The maximum Gasteiger partial charge on any atom is 0.0645 e. The molecule has 0 saturated heterocycles. The topological polar surface area (TPSA) is 13.0 Å². The number of benzene rings is 20. The van der Waals surface area contributed by atoms with Crippen molar-refractivity contribution >= 4 is 68.2 Å². The van der Waals surface area contributed by atoms with Crippen molar-refractivity contribution in [1.82, 2.24) is 0 Å². The average molecular weight is 1670 g/mol. The van der Waals surface area contributed by atoms with Gasteiger partial charge in [-0.3, -0.25) is 0 Å². The van der Waals surface area contributed by atoms with Gasteiger partial charge in [0.1, 0.15) is 0 Å². The lowest BCUT2D eigenvalue weighted by molar-refractivity contribution is 1.28. The Morgan fingerprint density at radius 1 is 0.0887 bits per heavy atom. The molecule has 124 heavy (non-hydrogen) atoms. The highest BCUT2D eigenvalue weighted by molar-refractivity contribution is 5.88. The van der Waals surface area contributed by atoms with E-state index in [1.165, 1.54) is 48.5 Å². The number of nitrogens with zero attached hydrogens (tertiary/aromatic N) is 4. The van der Waals surface area contributed by atoms with Crippen LogP contribution in [0.1, 0.15) is 108 Å². The first-order chi connectivity index (χ1) is 94.4. The van der Waals surface area contributed by atoms with E-state index >= 15 is 0 Å². The smallest absolute Gasteiger partial charge is 0.0645 e. The molecule has 0 bridgehead atoms. The highest BCUT2D eigenvalue weighted by atomic mass is 15.2. The van der Waals surface area contributed by atoms with E-state index in [0.29, 0.717) is 6.07 Å². The summed E-state index contributed by atoms with van der Waals surface area (Å²) in [5.41, 5.74) is -26.3. The van der Waals surface area contributed by atoms with Gasteiger partial charge in [-0.1, -0.05) is 387 Å². The molecule has 0 aromatic heterocycles. The summed E-state index contributed by atoms with van der Waals surface area (Å²) >= 11 is 0. The van der Waals surface area contributed by atoms with Crippen LogP contribution in [0.25, 0.3) is 111 Å². The summed E-state index contributed by atoms with van der Waals surface area (Å²) in [5.74, 6) is 0. The average Bonchev–Trinajstić information content (AvgIpc) is 0.695. The molecule has 0 heterocycles. The third-order valence-corrected chi connectivity index (χ3v) is 17.3. The molecule has 0 spiro atoms. The fourth-order valence-electron chi connectivity index (χ4n) is 11.5. The Morgan fingerprint density at radius 3 is 0.371 bits per heavy atom. The number of anilines is 12. The minimum atomic E-state index is -1.49. The van der Waals surface area contributed by atoms with E-state index in [2.05, 4.69) is 0 Å². The maximum absolute atomic E-state index is 9.72. The molecule has 0 radical (unpaired) electrons. The zero-order valence-corrected chi connectivity index (χ0v) is 62.5. The molecule has 0 fully saturated rings. The van der Waals surface area contributed by atoms with E-state index in [9.17, 15) is 53.5 Å². The third-order valence-electron chi connectivity index (χ3n) is 17.3. The molecular weight excluding hydrogens is 1500 g/mol. The molecule has 0 amide bonds. The van der Waals surface area contributed by atoms with Crippen molar-refractivity contribution in [2.75, 3.05) is 19.6 Å². The highest BCUT2D eigenvalue weighted by Crippen LogP contribution is 2.45. The van der Waals surface area contributed by atoms with Gasteiger partial charge in [-0.05, 0) is 256 Å². The standard InChI is InChI=1S/2C60H44N2/c2*1-5-13-45(14-6-1)49-21-33-55(34-22-49)61(56-35-23-50(24-36-56)46-15-7-2-8-16-46)59-41-29-53(30-42-59)54-31-43-60(44-32-54)62(57-37-25-51(26-38-57)47-17-9-3-10-18-47)58-39-27-52(28-40-58)48-19-11-4-12-20-48/h2*1-44H/i1D,2D,3D,4D,5D,6D,7D,8D,9D,10D,11D,12D,13D,14D,15D,16D,17D,18D,19D,20D,21D,22D,23D,24D,25D,26D,27D,29D,30D,31D,32D,33D,34D,35D,36D,37D,38D,39D,40D,41D,42D,43D,44D;1D,2D,3D,4D,5D,6D,7D,8D,9D,10D,11D,12D,13D,14D,15D,16D,17D,18D,19D,20D,21D,22D,23D,24D,25D,26D,27D,28D,33D,34D,35D,36D,37D,38D,39D,40D. The van der Waals surface area contributed by atoms with E-state index in [4.69, 9.17) is 54.8 Å². The second kappa shape index (κ2) is 36.9. The minimum Gasteiger partial charge on any atom is -0.311 e. The fraction of sp³-hybridized carbons (Fsp3) is 0. The molecule has 0 aliphatic rings. The second-order valence-corrected chi connectivity index (χ2v) is 24.7. The summed E-state index contributed by atoms with van der Waals surface area (Å²) in [6.07, 6.45) is 0. The van der Waals surface area contributed by atoms with E-state index < -0.39 is 634 Å². The van der Waals surface area contributed by atoms with Crippen LogP contribution in [0.5, 0.6) is 0 Å². The molecule has 0 N–H and O–H groups in total. The number of rotatable bonds is 22. The van der Waals surface area contributed by atoms with Gasteiger partial charge in [-0.25, -0.2) is 0 Å². The zero-order chi connectivity index (χ0) is 152. The molecule has 0 atom stereocenters. The van der Waals surface area contributed by atoms with Crippen molar-refractivity contribution in [2.45, 2.75) is 0 Å². The summed E-state index contributed by atoms with van der Waals surface area (Å²) in [7, 11) is 0. The lowest BCUT2D eigenvalue weighted by atomic mass is 10.0. The Bertz CT molecular complexity index is 10900. The van der Waals surface area contributed by atoms with Crippen LogP contribution in [0.4, 0.5) is 68.2 Å². The molecule has 4 nitrogen and oxygen atoms in total. The first-order valence-corrected chi connectivity index (χ1v) is 35.9. The van der Waals surface area contributed by atoms with E-state index in [1.807, 2.05) is 0 Å².